The minimum absolute atomic E-state index is 0.0969. The molecule has 141 valence electrons. The van der Waals surface area contributed by atoms with Gasteiger partial charge in [0.25, 0.3) is 0 Å². The number of ether oxygens (including phenoxy) is 2. The van der Waals surface area contributed by atoms with Gasteiger partial charge >= 0.3 is 0 Å². The van der Waals surface area contributed by atoms with E-state index in [1.54, 1.807) is 18.6 Å². The number of hydrogen-bond acceptors (Lipinski definition) is 3. The maximum atomic E-state index is 12.7. The van der Waals surface area contributed by atoms with E-state index in [0.717, 1.165) is 17.1 Å². The molecule has 0 unspecified atom stereocenters. The second kappa shape index (κ2) is 8.89. The fraction of sp³-hybridized carbons (Fsp3) is 0. The summed E-state index contributed by atoms with van der Waals surface area (Å²) in [7, 11) is 0. The van der Waals surface area contributed by atoms with Crippen LogP contribution in [0.15, 0.2) is 109 Å². The lowest BCUT2D eigenvalue weighted by Crippen LogP contribution is -2.01. The number of para-hydroxylation sites is 2. The van der Waals surface area contributed by atoms with Crippen LogP contribution in [0.4, 0.5) is 0 Å². The van der Waals surface area contributed by atoms with Crippen LogP contribution in [0, 0.1) is 6.42 Å². The molecule has 0 aliphatic rings. The Morgan fingerprint density at radius 1 is 0.552 bits per heavy atom. The number of Topliss-reactive ketones (excluding diaryl/α,β-unsaturated/α-hetero) is 1. The zero-order valence-corrected chi connectivity index (χ0v) is 15.7. The largest absolute Gasteiger partial charge is 0.457 e. The van der Waals surface area contributed by atoms with E-state index < -0.39 is 0 Å². The first kappa shape index (κ1) is 18.5. The van der Waals surface area contributed by atoms with E-state index in [2.05, 4.69) is 0 Å². The molecule has 0 aromatic heterocycles. The molecule has 0 N–H and O–H groups in total. The van der Waals surface area contributed by atoms with Crippen molar-refractivity contribution < 1.29 is 14.3 Å². The normalized spacial score (nSPS) is 10.3. The Bertz CT molecular complexity index is 1090. The van der Waals surface area contributed by atoms with Gasteiger partial charge < -0.3 is 9.47 Å². The summed E-state index contributed by atoms with van der Waals surface area (Å²) in [5, 5.41) is 0. The minimum atomic E-state index is -0.0969. The second-order valence-electron chi connectivity index (χ2n) is 6.44. The molecule has 0 bridgehead atoms. The minimum Gasteiger partial charge on any atom is -0.457 e. The van der Waals surface area contributed by atoms with Crippen molar-refractivity contribution in [2.24, 2.45) is 0 Å². The van der Waals surface area contributed by atoms with Crippen LogP contribution in [0.25, 0.3) is 0 Å². The molecule has 3 heteroatoms. The van der Waals surface area contributed by atoms with Crippen LogP contribution in [0.1, 0.15) is 15.9 Å². The lowest BCUT2D eigenvalue weighted by molar-refractivity contribution is 0.103. The molecule has 0 atom stereocenters. The Balaban J connectivity index is 1.45. The Morgan fingerprint density at radius 3 is 1.69 bits per heavy atom. The molecule has 4 aromatic carbocycles. The lowest BCUT2D eigenvalue weighted by Gasteiger charge is -2.09. The van der Waals surface area contributed by atoms with Crippen LogP contribution in [0.2, 0.25) is 0 Å². The first-order valence-corrected chi connectivity index (χ1v) is 9.31. The summed E-state index contributed by atoms with van der Waals surface area (Å²) in [5.41, 5.74) is 1.34. The summed E-state index contributed by atoms with van der Waals surface area (Å²) < 4.78 is 11.7. The van der Waals surface area contributed by atoms with Crippen molar-refractivity contribution in [3.8, 4) is 23.0 Å². The number of carbonyl (C=O) groups is 1. The third-order valence-electron chi connectivity index (χ3n) is 4.23. The van der Waals surface area contributed by atoms with Crippen LogP contribution in [-0.4, -0.2) is 5.78 Å². The molecule has 4 aromatic rings. The zero-order chi connectivity index (χ0) is 19.9. The summed E-state index contributed by atoms with van der Waals surface area (Å²) in [6, 6.07) is 33.7. The van der Waals surface area contributed by atoms with Crippen LogP contribution < -0.4 is 9.47 Å². The quantitative estimate of drug-likeness (QED) is 0.335. The van der Waals surface area contributed by atoms with Gasteiger partial charge in [0, 0.05) is 5.56 Å². The smallest absolute Gasteiger partial charge is 0.171 e. The Morgan fingerprint density at radius 2 is 1.07 bits per heavy atom. The highest BCUT2D eigenvalue weighted by atomic mass is 16.5. The molecule has 4 rings (SSSR count). The fourth-order valence-electron chi connectivity index (χ4n) is 2.86. The Labute approximate surface area is 170 Å². The number of ketones is 1. The van der Waals surface area contributed by atoms with Gasteiger partial charge in [0.05, 0.1) is 6.42 Å². The molecule has 3 nitrogen and oxygen atoms in total. The van der Waals surface area contributed by atoms with Crippen molar-refractivity contribution in [1.29, 1.82) is 0 Å². The summed E-state index contributed by atoms with van der Waals surface area (Å²) in [4.78, 5) is 12.7. The first-order valence-electron chi connectivity index (χ1n) is 9.31. The molecule has 0 aliphatic carbocycles. The van der Waals surface area contributed by atoms with Gasteiger partial charge in [-0.2, -0.15) is 0 Å². The topological polar surface area (TPSA) is 35.5 Å². The van der Waals surface area contributed by atoms with Gasteiger partial charge in [-0.05, 0) is 54.1 Å². The third-order valence-corrected chi connectivity index (χ3v) is 4.23. The third kappa shape index (κ3) is 5.11. The van der Waals surface area contributed by atoms with Crippen LogP contribution in [0.5, 0.6) is 23.0 Å². The van der Waals surface area contributed by atoms with E-state index in [1.165, 1.54) is 0 Å². The first-order chi connectivity index (χ1) is 14.3. The van der Waals surface area contributed by atoms with Crippen LogP contribution >= 0.6 is 0 Å². The van der Waals surface area contributed by atoms with Crippen molar-refractivity contribution >= 4 is 5.78 Å². The number of hydrogen-bond donors (Lipinski definition) is 0. The average Bonchev–Trinajstić information content (AvgIpc) is 2.76. The number of carbonyl (C=O) groups excluding carboxylic acids is 1. The van der Waals surface area contributed by atoms with Gasteiger partial charge in [-0.15, -0.1) is 0 Å². The van der Waals surface area contributed by atoms with Crippen molar-refractivity contribution in [3.63, 3.8) is 0 Å². The van der Waals surface area contributed by atoms with Crippen molar-refractivity contribution in [3.05, 3.63) is 127 Å². The summed E-state index contributed by atoms with van der Waals surface area (Å²) in [6.45, 7) is 0. The molecule has 0 aliphatic heterocycles. The number of rotatable bonds is 7. The highest BCUT2D eigenvalue weighted by Gasteiger charge is 2.10. The Hall–Kier alpha value is -3.85. The molecule has 0 amide bonds. The molecule has 0 fully saturated rings. The molecule has 1 radical (unpaired) electrons. The van der Waals surface area contributed by atoms with Crippen LogP contribution in [-0.2, 0) is 0 Å². The lowest BCUT2D eigenvalue weighted by atomic mass is 10.0. The summed E-state index contributed by atoms with van der Waals surface area (Å²) in [6.07, 6.45) is 1.60. The maximum Gasteiger partial charge on any atom is 0.171 e. The predicted octanol–water partition coefficient (Wildman–Crippen LogP) is 6.71. The zero-order valence-electron chi connectivity index (χ0n) is 15.7. The van der Waals surface area contributed by atoms with Crippen LogP contribution in [0.3, 0.4) is 0 Å². The summed E-state index contributed by atoms with van der Waals surface area (Å²) >= 11 is 0. The monoisotopic (exact) mass is 379 g/mol. The van der Waals surface area contributed by atoms with Gasteiger partial charge in [0.15, 0.2) is 5.78 Å². The molecular formula is C26H19O3. The maximum absolute atomic E-state index is 12.7. The van der Waals surface area contributed by atoms with E-state index in [0.29, 0.717) is 17.1 Å². The van der Waals surface area contributed by atoms with E-state index in [4.69, 9.17) is 9.47 Å². The second-order valence-corrected chi connectivity index (χ2v) is 6.44. The van der Waals surface area contributed by atoms with Gasteiger partial charge in [0.1, 0.15) is 23.0 Å². The molecule has 0 spiro atoms. The summed E-state index contributed by atoms with van der Waals surface area (Å²) in [5.74, 6) is 2.68. The Kier molecular flexibility index (Phi) is 5.68. The van der Waals surface area contributed by atoms with E-state index in [1.807, 2.05) is 97.1 Å². The highest BCUT2D eigenvalue weighted by Crippen LogP contribution is 2.25. The van der Waals surface area contributed by atoms with Crippen molar-refractivity contribution in [2.45, 2.75) is 0 Å². The SMILES string of the molecule is O=C([CH]c1cccc(Oc2ccccc2)c1)c1cccc(Oc2ccccc2)c1. The van der Waals surface area contributed by atoms with E-state index in [-0.39, 0.29) is 5.78 Å². The van der Waals surface area contributed by atoms with E-state index in [9.17, 15) is 4.79 Å². The molecule has 0 saturated carbocycles. The van der Waals surface area contributed by atoms with Gasteiger partial charge in [-0.1, -0.05) is 60.7 Å². The van der Waals surface area contributed by atoms with Gasteiger partial charge in [-0.25, -0.2) is 0 Å². The average molecular weight is 379 g/mol. The molecule has 29 heavy (non-hydrogen) atoms. The van der Waals surface area contributed by atoms with Crippen molar-refractivity contribution in [1.82, 2.24) is 0 Å². The number of benzene rings is 4. The molecule has 0 saturated heterocycles. The molecule has 0 heterocycles. The fourth-order valence-corrected chi connectivity index (χ4v) is 2.86. The highest BCUT2D eigenvalue weighted by molar-refractivity contribution is 6.05. The standard InChI is InChI=1S/C26H19O3/c27-26(21-10-8-16-25(19-21)29-23-13-5-2-6-14-23)18-20-9-7-15-24(17-20)28-22-11-3-1-4-12-22/h1-19H. The van der Waals surface area contributed by atoms with E-state index >= 15 is 0 Å². The van der Waals surface area contributed by atoms with Gasteiger partial charge in [0.2, 0.25) is 0 Å². The molecular weight excluding hydrogens is 360 g/mol. The predicted molar refractivity (Wildman–Crippen MR) is 114 cm³/mol. The van der Waals surface area contributed by atoms with Gasteiger partial charge in [-0.3, -0.25) is 4.79 Å². The van der Waals surface area contributed by atoms with Crippen molar-refractivity contribution in [2.75, 3.05) is 0 Å².